The Hall–Kier alpha value is -1.82. The summed E-state index contributed by atoms with van der Waals surface area (Å²) in [5.41, 5.74) is 8.61. The van der Waals surface area contributed by atoms with E-state index >= 15 is 0 Å². The van der Waals surface area contributed by atoms with E-state index in [4.69, 9.17) is 5.73 Å². The number of hydrogen-bond donors (Lipinski definition) is 1. The number of likely N-dealkylation sites (tertiary alicyclic amines) is 1. The van der Waals surface area contributed by atoms with Crippen LogP contribution in [0.1, 0.15) is 34.3 Å². The molecule has 2 aromatic rings. The van der Waals surface area contributed by atoms with E-state index in [2.05, 4.69) is 47.3 Å². The van der Waals surface area contributed by atoms with E-state index in [9.17, 15) is 4.79 Å². The zero-order valence-electron chi connectivity index (χ0n) is 16.5. The Balaban J connectivity index is 0.00000196. The molecule has 2 heterocycles. The number of likely N-dealkylation sites (N-methyl/N-ethyl adjacent to an activating group) is 1. The van der Waals surface area contributed by atoms with E-state index in [1.807, 2.05) is 17.9 Å². The number of aromatic nitrogens is 1. The summed E-state index contributed by atoms with van der Waals surface area (Å²) in [7, 11) is 2.19. The molecule has 1 aromatic heterocycles. The van der Waals surface area contributed by atoms with Gasteiger partial charge in [0.2, 0.25) is 0 Å². The molecule has 1 saturated heterocycles. The van der Waals surface area contributed by atoms with Crippen molar-refractivity contribution in [3.63, 3.8) is 0 Å². The Morgan fingerprint density at radius 1 is 1.21 bits per heavy atom. The van der Waals surface area contributed by atoms with E-state index in [0.29, 0.717) is 17.4 Å². The molecule has 1 fully saturated rings. The van der Waals surface area contributed by atoms with Gasteiger partial charge in [0.15, 0.2) is 0 Å². The average molecular weight is 425 g/mol. The molecule has 1 aliphatic rings. The lowest BCUT2D eigenvalue weighted by atomic mass is 10.0. The second-order valence-corrected chi connectivity index (χ2v) is 7.17. The van der Waals surface area contributed by atoms with Crippen LogP contribution in [0.15, 0.2) is 42.6 Å². The van der Waals surface area contributed by atoms with Gasteiger partial charge in [0.1, 0.15) is 5.82 Å². The minimum absolute atomic E-state index is 0. The predicted molar refractivity (Wildman–Crippen MR) is 120 cm³/mol. The summed E-state index contributed by atoms with van der Waals surface area (Å²) in [4.78, 5) is 21.2. The number of rotatable bonds is 5. The van der Waals surface area contributed by atoms with Gasteiger partial charge in [-0.2, -0.15) is 0 Å². The molecule has 0 atom stereocenters. The van der Waals surface area contributed by atoms with Gasteiger partial charge in [0, 0.05) is 31.9 Å². The van der Waals surface area contributed by atoms with Gasteiger partial charge in [0.05, 0.1) is 5.56 Å². The van der Waals surface area contributed by atoms with Gasteiger partial charge in [-0.1, -0.05) is 30.3 Å². The highest BCUT2D eigenvalue weighted by atomic mass is 35.5. The Bertz CT molecular complexity index is 749. The maximum absolute atomic E-state index is 12.7. The second kappa shape index (κ2) is 11.2. The van der Waals surface area contributed by atoms with Crippen molar-refractivity contribution in [3.05, 3.63) is 59.3 Å². The molecule has 0 radical (unpaired) electrons. The monoisotopic (exact) mass is 424 g/mol. The van der Waals surface area contributed by atoms with Gasteiger partial charge in [-0.25, -0.2) is 4.98 Å². The Labute approximate surface area is 180 Å². The SMILES string of the molecule is Cc1cc(C(=O)N2CCC(N(C)CCc3ccccc3)CC2)cnc1N.Cl.Cl. The fraction of sp³-hybridized carbons (Fsp3) is 0.429. The van der Waals surface area contributed by atoms with Gasteiger partial charge >= 0.3 is 0 Å². The fourth-order valence-electron chi connectivity index (χ4n) is 3.53. The van der Waals surface area contributed by atoms with Gasteiger partial charge in [-0.3, -0.25) is 4.79 Å². The molecule has 7 heteroatoms. The van der Waals surface area contributed by atoms with Crippen LogP contribution in [0.25, 0.3) is 0 Å². The molecule has 0 saturated carbocycles. The number of benzene rings is 1. The number of hydrogen-bond acceptors (Lipinski definition) is 4. The molecular formula is C21H30Cl2N4O. The summed E-state index contributed by atoms with van der Waals surface area (Å²) in [6, 6.07) is 13.0. The number of anilines is 1. The second-order valence-electron chi connectivity index (χ2n) is 7.17. The predicted octanol–water partition coefficient (Wildman–Crippen LogP) is 3.59. The zero-order valence-corrected chi connectivity index (χ0v) is 18.1. The number of nitrogen functional groups attached to an aromatic ring is 1. The highest BCUT2D eigenvalue weighted by Gasteiger charge is 2.26. The van der Waals surface area contributed by atoms with Crippen molar-refractivity contribution in [2.45, 2.75) is 32.2 Å². The molecular weight excluding hydrogens is 395 g/mol. The summed E-state index contributed by atoms with van der Waals surface area (Å²) in [6.45, 7) is 4.52. The van der Waals surface area contributed by atoms with Crippen molar-refractivity contribution >= 4 is 36.5 Å². The minimum Gasteiger partial charge on any atom is -0.383 e. The molecule has 0 aliphatic carbocycles. The first kappa shape index (κ1) is 24.2. The summed E-state index contributed by atoms with van der Waals surface area (Å²) >= 11 is 0. The third-order valence-electron chi connectivity index (χ3n) is 5.34. The molecule has 1 amide bonds. The highest BCUT2D eigenvalue weighted by Crippen LogP contribution is 2.19. The first-order valence-electron chi connectivity index (χ1n) is 9.30. The molecule has 3 rings (SSSR count). The Morgan fingerprint density at radius 3 is 2.46 bits per heavy atom. The maximum atomic E-state index is 12.7. The molecule has 1 aromatic carbocycles. The summed E-state index contributed by atoms with van der Waals surface area (Å²) in [6.07, 6.45) is 4.67. The van der Waals surface area contributed by atoms with E-state index in [0.717, 1.165) is 44.5 Å². The number of halogens is 2. The Morgan fingerprint density at radius 2 is 1.86 bits per heavy atom. The summed E-state index contributed by atoms with van der Waals surface area (Å²) in [5.74, 6) is 0.547. The molecule has 0 spiro atoms. The lowest BCUT2D eigenvalue weighted by molar-refractivity contribution is 0.0646. The molecule has 154 valence electrons. The van der Waals surface area contributed by atoms with Crippen LogP contribution < -0.4 is 5.73 Å². The van der Waals surface area contributed by atoms with E-state index < -0.39 is 0 Å². The molecule has 1 aliphatic heterocycles. The van der Waals surface area contributed by atoms with Crippen LogP contribution in [0.4, 0.5) is 5.82 Å². The molecule has 28 heavy (non-hydrogen) atoms. The van der Waals surface area contributed by atoms with Crippen molar-refractivity contribution in [2.75, 3.05) is 32.4 Å². The number of carbonyl (C=O) groups excluding carboxylic acids is 1. The number of pyridine rings is 1. The number of nitrogens with zero attached hydrogens (tertiary/aromatic N) is 3. The standard InChI is InChI=1S/C21H28N4O.2ClH/c1-16-14-18(15-23-20(16)22)21(26)25-12-9-19(10-13-25)24(2)11-8-17-6-4-3-5-7-17;;/h3-7,14-15,19H,8-13H2,1-2H3,(H2,22,23);2*1H. The highest BCUT2D eigenvalue weighted by molar-refractivity contribution is 5.94. The fourth-order valence-corrected chi connectivity index (χ4v) is 3.53. The van der Waals surface area contributed by atoms with Crippen molar-refractivity contribution < 1.29 is 4.79 Å². The van der Waals surface area contributed by atoms with Gasteiger partial charge in [-0.15, -0.1) is 24.8 Å². The van der Waals surface area contributed by atoms with Crippen LogP contribution in [0.5, 0.6) is 0 Å². The van der Waals surface area contributed by atoms with E-state index in [1.54, 1.807) is 6.20 Å². The zero-order chi connectivity index (χ0) is 18.5. The van der Waals surface area contributed by atoms with Crippen LogP contribution in [0, 0.1) is 6.92 Å². The van der Waals surface area contributed by atoms with Crippen LogP contribution in [0.2, 0.25) is 0 Å². The van der Waals surface area contributed by atoms with Crippen molar-refractivity contribution in [1.82, 2.24) is 14.8 Å². The van der Waals surface area contributed by atoms with Crippen LogP contribution >= 0.6 is 24.8 Å². The van der Waals surface area contributed by atoms with Crippen LogP contribution in [-0.4, -0.2) is 53.4 Å². The first-order chi connectivity index (χ1) is 12.5. The molecule has 5 nitrogen and oxygen atoms in total. The van der Waals surface area contributed by atoms with Crippen LogP contribution in [0.3, 0.4) is 0 Å². The lowest BCUT2D eigenvalue weighted by Gasteiger charge is -2.37. The van der Waals surface area contributed by atoms with Gasteiger partial charge in [-0.05, 0) is 50.4 Å². The van der Waals surface area contributed by atoms with Crippen LogP contribution in [-0.2, 0) is 6.42 Å². The Kier molecular flexibility index (Phi) is 9.73. The minimum atomic E-state index is 0. The largest absolute Gasteiger partial charge is 0.383 e. The summed E-state index contributed by atoms with van der Waals surface area (Å²) < 4.78 is 0. The van der Waals surface area contributed by atoms with Crippen molar-refractivity contribution in [3.8, 4) is 0 Å². The molecule has 0 bridgehead atoms. The third kappa shape index (κ3) is 6.09. The van der Waals surface area contributed by atoms with Crippen molar-refractivity contribution in [1.29, 1.82) is 0 Å². The average Bonchev–Trinajstić information content (AvgIpc) is 2.68. The van der Waals surface area contributed by atoms with E-state index in [-0.39, 0.29) is 30.7 Å². The van der Waals surface area contributed by atoms with Crippen molar-refractivity contribution in [2.24, 2.45) is 0 Å². The number of carbonyl (C=O) groups is 1. The maximum Gasteiger partial charge on any atom is 0.255 e. The number of aryl methyl sites for hydroxylation is 1. The van der Waals surface area contributed by atoms with Gasteiger partial charge < -0.3 is 15.5 Å². The topological polar surface area (TPSA) is 62.5 Å². The van der Waals surface area contributed by atoms with Gasteiger partial charge in [0.25, 0.3) is 5.91 Å². The normalized spacial score (nSPS) is 14.3. The number of amides is 1. The molecule has 0 unspecified atom stereocenters. The number of nitrogens with two attached hydrogens (primary N) is 1. The lowest BCUT2D eigenvalue weighted by Crippen LogP contribution is -2.46. The number of piperidine rings is 1. The quantitative estimate of drug-likeness (QED) is 0.795. The third-order valence-corrected chi connectivity index (χ3v) is 5.34. The summed E-state index contributed by atoms with van der Waals surface area (Å²) in [5, 5.41) is 0. The smallest absolute Gasteiger partial charge is 0.255 e. The molecule has 2 N–H and O–H groups in total. The first-order valence-corrected chi connectivity index (χ1v) is 9.30. The van der Waals surface area contributed by atoms with E-state index in [1.165, 1.54) is 5.56 Å².